The van der Waals surface area contributed by atoms with Crippen LogP contribution in [0.5, 0.6) is 5.75 Å². The number of Topliss-reactive ketones (excluding diaryl/α,β-unsaturated/α-hetero) is 1. The summed E-state index contributed by atoms with van der Waals surface area (Å²) in [5, 5.41) is 11.5. The zero-order valence-corrected chi connectivity index (χ0v) is 22.4. The van der Waals surface area contributed by atoms with Gasteiger partial charge in [-0.3, -0.25) is 14.5 Å². The smallest absolute Gasteiger partial charge is 0.350 e. The Hall–Kier alpha value is -4.24. The number of methoxy groups -OCH3 is 1. The molecule has 0 spiro atoms. The lowest BCUT2D eigenvalue weighted by molar-refractivity contribution is -0.132. The molecule has 1 aromatic heterocycles. The number of anilines is 1. The highest BCUT2D eigenvalue weighted by molar-refractivity contribution is 7.17. The first-order valence-corrected chi connectivity index (χ1v) is 12.8. The van der Waals surface area contributed by atoms with Gasteiger partial charge in [0.15, 0.2) is 5.13 Å². The number of aliphatic hydroxyl groups is 1. The Balaban J connectivity index is 1.89. The quantitative estimate of drug-likeness (QED) is 0.133. The average molecular weight is 533 g/mol. The molecule has 1 N–H and O–H groups in total. The Labute approximate surface area is 224 Å². The van der Waals surface area contributed by atoms with Crippen LogP contribution in [-0.2, 0) is 14.3 Å². The molecule has 196 valence electrons. The number of esters is 1. The monoisotopic (exact) mass is 532 g/mol. The van der Waals surface area contributed by atoms with Crippen LogP contribution in [0.15, 0.2) is 66.8 Å². The van der Waals surface area contributed by atoms with Crippen LogP contribution in [0.1, 0.15) is 57.9 Å². The van der Waals surface area contributed by atoms with Gasteiger partial charge in [-0.2, -0.15) is 0 Å². The maximum atomic E-state index is 13.4. The molecule has 1 aliphatic rings. The molecule has 1 aliphatic heterocycles. The molecule has 1 fully saturated rings. The zero-order valence-electron chi connectivity index (χ0n) is 21.6. The Morgan fingerprint density at radius 2 is 1.92 bits per heavy atom. The number of nitrogens with zero attached hydrogens (tertiary/aromatic N) is 2. The van der Waals surface area contributed by atoms with Gasteiger partial charge in [0.1, 0.15) is 23.0 Å². The molecule has 4 rings (SSSR count). The van der Waals surface area contributed by atoms with E-state index in [2.05, 4.69) is 25.4 Å². The van der Waals surface area contributed by atoms with Gasteiger partial charge in [0.25, 0.3) is 5.78 Å². The molecule has 1 amide bonds. The number of carbonyl (C=O) groups excluding carboxylic acids is 3. The number of thiazole rings is 1. The van der Waals surface area contributed by atoms with Gasteiger partial charge in [-0.25, -0.2) is 9.78 Å². The second-order valence-corrected chi connectivity index (χ2v) is 10.00. The van der Waals surface area contributed by atoms with Crippen LogP contribution in [0.25, 0.3) is 5.76 Å². The fraction of sp³-hybridized carbons (Fsp3) is 0.241. The molecule has 2 heterocycles. The molecule has 1 atom stereocenters. The largest absolute Gasteiger partial charge is 0.507 e. The summed E-state index contributed by atoms with van der Waals surface area (Å²) in [7, 11) is 1.50. The van der Waals surface area contributed by atoms with Gasteiger partial charge < -0.3 is 14.6 Å². The Morgan fingerprint density at radius 1 is 1.21 bits per heavy atom. The summed E-state index contributed by atoms with van der Waals surface area (Å²) in [6, 6.07) is 13.2. The van der Waals surface area contributed by atoms with Gasteiger partial charge >= 0.3 is 11.9 Å². The normalized spacial score (nSPS) is 16.7. The summed E-state index contributed by atoms with van der Waals surface area (Å²) in [5.74, 6) is -1.88. The molecule has 8 nitrogen and oxygen atoms in total. The topological polar surface area (TPSA) is 106 Å². The predicted molar refractivity (Wildman–Crippen MR) is 146 cm³/mol. The van der Waals surface area contributed by atoms with Crippen LogP contribution >= 0.6 is 11.3 Å². The summed E-state index contributed by atoms with van der Waals surface area (Å²) >= 11 is 0.952. The number of aromatic nitrogens is 1. The van der Waals surface area contributed by atoms with Crippen LogP contribution in [-0.4, -0.2) is 41.5 Å². The van der Waals surface area contributed by atoms with Crippen molar-refractivity contribution >= 4 is 39.9 Å². The van der Waals surface area contributed by atoms with E-state index in [1.807, 2.05) is 24.3 Å². The minimum absolute atomic E-state index is 0.0265. The van der Waals surface area contributed by atoms with E-state index in [1.165, 1.54) is 18.1 Å². The molecule has 1 saturated heterocycles. The lowest BCUT2D eigenvalue weighted by Crippen LogP contribution is -2.29. The number of rotatable bonds is 8. The molecule has 0 radical (unpaired) electrons. The highest BCUT2D eigenvalue weighted by atomic mass is 32.1. The van der Waals surface area contributed by atoms with Crippen molar-refractivity contribution in [3.8, 4) is 5.75 Å². The molecule has 2 aromatic carbocycles. The van der Waals surface area contributed by atoms with E-state index in [-0.39, 0.29) is 33.9 Å². The molecule has 0 aliphatic carbocycles. The van der Waals surface area contributed by atoms with Gasteiger partial charge in [-0.1, -0.05) is 74.2 Å². The standard InChI is InChI=1S/C29H28N2O6S/c1-6-14-37-28(35)26-17(4)30-29(38-26)31-23(19-12-10-18(11-13-19)16(2)3)22(25(33)27(31)34)24(32)20-8-7-9-21(15-20)36-5/h6-13,15-16,23,32H,1,14H2,2-5H3/b24-22+. The molecule has 9 heteroatoms. The predicted octanol–water partition coefficient (Wildman–Crippen LogP) is 5.55. The molecular weight excluding hydrogens is 504 g/mol. The first-order chi connectivity index (χ1) is 18.2. The number of carbonyl (C=O) groups is 3. The van der Waals surface area contributed by atoms with E-state index < -0.39 is 23.7 Å². The van der Waals surface area contributed by atoms with Crippen molar-refractivity contribution in [3.05, 3.63) is 94.0 Å². The van der Waals surface area contributed by atoms with Crippen molar-refractivity contribution in [2.75, 3.05) is 18.6 Å². The van der Waals surface area contributed by atoms with Crippen LogP contribution in [0.4, 0.5) is 5.13 Å². The van der Waals surface area contributed by atoms with E-state index in [0.717, 1.165) is 16.9 Å². The van der Waals surface area contributed by atoms with Gasteiger partial charge in [0.05, 0.1) is 24.4 Å². The minimum atomic E-state index is -0.968. The number of aryl methyl sites for hydroxylation is 1. The number of benzene rings is 2. The number of amides is 1. The third-order valence-electron chi connectivity index (χ3n) is 6.22. The second kappa shape index (κ2) is 11.0. The first kappa shape index (κ1) is 26.8. The highest BCUT2D eigenvalue weighted by Gasteiger charge is 2.48. The first-order valence-electron chi connectivity index (χ1n) is 12.0. The summed E-state index contributed by atoms with van der Waals surface area (Å²) in [6.07, 6.45) is 1.45. The van der Waals surface area contributed by atoms with Gasteiger partial charge in [-0.15, -0.1) is 0 Å². The van der Waals surface area contributed by atoms with Crippen molar-refractivity contribution in [1.82, 2.24) is 4.98 Å². The van der Waals surface area contributed by atoms with Crippen molar-refractivity contribution in [2.24, 2.45) is 0 Å². The van der Waals surface area contributed by atoms with Crippen LogP contribution in [0, 0.1) is 6.92 Å². The number of aliphatic hydroxyl groups excluding tert-OH is 1. The molecule has 0 saturated carbocycles. The maximum absolute atomic E-state index is 13.4. The second-order valence-electron chi connectivity index (χ2n) is 9.02. The van der Waals surface area contributed by atoms with Crippen molar-refractivity contribution in [1.29, 1.82) is 0 Å². The zero-order chi connectivity index (χ0) is 27.6. The molecule has 1 unspecified atom stereocenters. The molecule has 3 aromatic rings. The van der Waals surface area contributed by atoms with Crippen LogP contribution in [0.3, 0.4) is 0 Å². The lowest BCUT2D eigenvalue weighted by atomic mass is 9.93. The number of hydrogen-bond donors (Lipinski definition) is 1. The van der Waals surface area contributed by atoms with Crippen LogP contribution < -0.4 is 9.64 Å². The summed E-state index contributed by atoms with van der Waals surface area (Å²) in [4.78, 5) is 45.3. The van der Waals surface area contributed by atoms with Gasteiger partial charge in [0.2, 0.25) is 0 Å². The van der Waals surface area contributed by atoms with E-state index in [4.69, 9.17) is 9.47 Å². The fourth-order valence-corrected chi connectivity index (χ4v) is 5.20. The summed E-state index contributed by atoms with van der Waals surface area (Å²) in [5.41, 5.74) is 2.31. The maximum Gasteiger partial charge on any atom is 0.350 e. The van der Waals surface area contributed by atoms with Crippen LogP contribution in [0.2, 0.25) is 0 Å². The third-order valence-corrected chi connectivity index (χ3v) is 7.35. The summed E-state index contributed by atoms with van der Waals surface area (Å²) in [6.45, 7) is 9.32. The number of hydrogen-bond acceptors (Lipinski definition) is 8. The van der Waals surface area contributed by atoms with E-state index >= 15 is 0 Å². The molecule has 38 heavy (non-hydrogen) atoms. The fourth-order valence-electron chi connectivity index (χ4n) is 4.21. The van der Waals surface area contributed by atoms with Crippen molar-refractivity contribution in [3.63, 3.8) is 0 Å². The number of ketones is 1. The summed E-state index contributed by atoms with van der Waals surface area (Å²) < 4.78 is 10.4. The highest BCUT2D eigenvalue weighted by Crippen LogP contribution is 2.44. The third kappa shape index (κ3) is 4.97. The Bertz CT molecular complexity index is 1440. The number of ether oxygens (including phenoxy) is 2. The Kier molecular flexibility index (Phi) is 7.78. The minimum Gasteiger partial charge on any atom is -0.507 e. The van der Waals surface area contributed by atoms with E-state index in [9.17, 15) is 19.5 Å². The van der Waals surface area contributed by atoms with Gasteiger partial charge in [-0.05, 0) is 36.1 Å². The average Bonchev–Trinajstić information content (AvgIpc) is 3.43. The van der Waals surface area contributed by atoms with E-state index in [1.54, 1.807) is 31.2 Å². The molecular formula is C29H28N2O6S. The van der Waals surface area contributed by atoms with Crippen molar-refractivity contribution in [2.45, 2.75) is 32.7 Å². The van der Waals surface area contributed by atoms with E-state index in [0.29, 0.717) is 22.6 Å². The molecule has 0 bridgehead atoms. The lowest BCUT2D eigenvalue weighted by Gasteiger charge is -2.23. The van der Waals surface area contributed by atoms with Crippen molar-refractivity contribution < 1.29 is 29.0 Å². The van der Waals surface area contributed by atoms with Gasteiger partial charge in [0, 0.05) is 5.56 Å². The Morgan fingerprint density at radius 3 is 2.55 bits per heavy atom. The SMILES string of the molecule is C=CCOC(=O)c1sc(N2C(=O)C(=O)/C(=C(/O)c3cccc(OC)c3)C2c2ccc(C(C)C)cc2)nc1C.